The van der Waals surface area contributed by atoms with Gasteiger partial charge in [0.1, 0.15) is 5.69 Å². The summed E-state index contributed by atoms with van der Waals surface area (Å²) in [6, 6.07) is 0. The number of likely N-dealkylation sites (tertiary alicyclic amines) is 2. The van der Waals surface area contributed by atoms with Crippen LogP contribution in [-0.4, -0.2) is 65.9 Å². The molecule has 0 spiro atoms. The third kappa shape index (κ3) is 3.87. The highest BCUT2D eigenvalue weighted by molar-refractivity contribution is 6.00. The second kappa shape index (κ2) is 8.15. The van der Waals surface area contributed by atoms with E-state index in [1.807, 2.05) is 4.90 Å². The number of hydrogen-bond donors (Lipinski definition) is 1. The highest BCUT2D eigenvalue weighted by Gasteiger charge is 2.33. The first-order valence-electron chi connectivity index (χ1n) is 9.79. The van der Waals surface area contributed by atoms with Crippen LogP contribution in [0.4, 0.5) is 0 Å². The fourth-order valence-electron chi connectivity index (χ4n) is 4.27. The van der Waals surface area contributed by atoms with Crippen LogP contribution in [0.5, 0.6) is 0 Å². The number of piperidine rings is 2. The molecule has 2 aliphatic rings. The molecule has 1 atom stereocenters. The standard InChI is InChI=1S/C20H29N3O4/c1-13-16(20(26)27-3)14(2)21-17(13)19(25)23-11-7-8-15(12-23)18(24)22-9-5-4-6-10-22/h15,21H,4-12H2,1-3H3/t15-/m1/s1. The minimum Gasteiger partial charge on any atom is -0.465 e. The second-order valence-electron chi connectivity index (χ2n) is 7.59. The quantitative estimate of drug-likeness (QED) is 0.822. The third-order valence-electron chi connectivity index (χ3n) is 5.77. The van der Waals surface area contributed by atoms with Gasteiger partial charge in [-0.2, -0.15) is 0 Å². The Morgan fingerprint density at radius 3 is 2.33 bits per heavy atom. The van der Waals surface area contributed by atoms with E-state index >= 15 is 0 Å². The maximum atomic E-state index is 13.1. The van der Waals surface area contributed by atoms with Crippen molar-refractivity contribution in [3.8, 4) is 0 Å². The van der Waals surface area contributed by atoms with Gasteiger partial charge in [-0.15, -0.1) is 0 Å². The van der Waals surface area contributed by atoms with E-state index in [9.17, 15) is 14.4 Å². The molecule has 1 N–H and O–H groups in total. The molecule has 1 aromatic heterocycles. The summed E-state index contributed by atoms with van der Waals surface area (Å²) in [4.78, 5) is 44.6. The van der Waals surface area contributed by atoms with Crippen molar-refractivity contribution in [1.29, 1.82) is 0 Å². The van der Waals surface area contributed by atoms with E-state index < -0.39 is 5.97 Å². The largest absolute Gasteiger partial charge is 0.465 e. The molecule has 1 aromatic rings. The molecule has 0 saturated carbocycles. The van der Waals surface area contributed by atoms with Crippen LogP contribution in [0.1, 0.15) is 64.2 Å². The van der Waals surface area contributed by atoms with E-state index in [1.165, 1.54) is 13.5 Å². The van der Waals surface area contributed by atoms with Gasteiger partial charge in [-0.3, -0.25) is 9.59 Å². The van der Waals surface area contributed by atoms with Crippen LogP contribution < -0.4 is 0 Å². The zero-order chi connectivity index (χ0) is 19.6. The van der Waals surface area contributed by atoms with Gasteiger partial charge in [-0.1, -0.05) is 0 Å². The van der Waals surface area contributed by atoms with Gasteiger partial charge in [0.15, 0.2) is 0 Å². The lowest BCUT2D eigenvalue weighted by Crippen LogP contribution is -2.48. The number of aromatic amines is 1. The van der Waals surface area contributed by atoms with E-state index in [1.54, 1.807) is 18.7 Å². The summed E-state index contributed by atoms with van der Waals surface area (Å²) in [6.07, 6.45) is 4.97. The van der Waals surface area contributed by atoms with Gasteiger partial charge in [-0.05, 0) is 51.5 Å². The van der Waals surface area contributed by atoms with E-state index in [4.69, 9.17) is 4.74 Å². The molecule has 27 heavy (non-hydrogen) atoms. The SMILES string of the molecule is COC(=O)c1c(C)[nH]c(C(=O)N2CCC[C@@H](C(=O)N3CCCCC3)C2)c1C. The molecule has 0 unspecified atom stereocenters. The van der Waals surface area contributed by atoms with Crippen LogP contribution >= 0.6 is 0 Å². The fraction of sp³-hybridized carbons (Fsp3) is 0.650. The van der Waals surface area contributed by atoms with Crippen LogP contribution in [0.15, 0.2) is 0 Å². The Hall–Kier alpha value is -2.31. The lowest BCUT2D eigenvalue weighted by Gasteiger charge is -2.36. The van der Waals surface area contributed by atoms with Crippen molar-refractivity contribution in [2.45, 2.75) is 46.0 Å². The van der Waals surface area contributed by atoms with E-state index in [0.717, 1.165) is 38.8 Å². The maximum absolute atomic E-state index is 13.1. The Morgan fingerprint density at radius 1 is 1.00 bits per heavy atom. The van der Waals surface area contributed by atoms with Crippen molar-refractivity contribution >= 4 is 17.8 Å². The van der Waals surface area contributed by atoms with Crippen LogP contribution in [0.2, 0.25) is 0 Å². The van der Waals surface area contributed by atoms with Crippen molar-refractivity contribution in [2.75, 3.05) is 33.3 Å². The summed E-state index contributed by atoms with van der Waals surface area (Å²) in [6.45, 7) is 6.26. The monoisotopic (exact) mass is 375 g/mol. The van der Waals surface area contributed by atoms with Crippen LogP contribution in [0.25, 0.3) is 0 Å². The Kier molecular flexibility index (Phi) is 5.87. The number of carbonyl (C=O) groups excluding carboxylic acids is 3. The highest BCUT2D eigenvalue weighted by atomic mass is 16.5. The topological polar surface area (TPSA) is 82.7 Å². The number of nitrogens with zero attached hydrogens (tertiary/aromatic N) is 2. The Labute approximate surface area is 160 Å². The summed E-state index contributed by atoms with van der Waals surface area (Å²) in [7, 11) is 1.33. The van der Waals surface area contributed by atoms with Gasteiger partial charge in [0.05, 0.1) is 18.6 Å². The van der Waals surface area contributed by atoms with Crippen LogP contribution in [-0.2, 0) is 9.53 Å². The molecule has 3 rings (SSSR count). The molecule has 7 heteroatoms. The number of aromatic nitrogens is 1. The van der Waals surface area contributed by atoms with Crippen LogP contribution in [0, 0.1) is 19.8 Å². The zero-order valence-electron chi connectivity index (χ0n) is 16.5. The third-order valence-corrected chi connectivity index (χ3v) is 5.77. The fourth-order valence-corrected chi connectivity index (χ4v) is 4.27. The number of esters is 1. The number of hydrogen-bond acceptors (Lipinski definition) is 4. The van der Waals surface area contributed by atoms with Crippen molar-refractivity contribution in [2.24, 2.45) is 5.92 Å². The number of aryl methyl sites for hydroxylation is 1. The predicted molar refractivity (Wildman–Crippen MR) is 101 cm³/mol. The summed E-state index contributed by atoms with van der Waals surface area (Å²) < 4.78 is 4.82. The highest BCUT2D eigenvalue weighted by Crippen LogP contribution is 2.25. The lowest BCUT2D eigenvalue weighted by atomic mass is 9.95. The number of carbonyl (C=O) groups is 3. The zero-order valence-corrected chi connectivity index (χ0v) is 16.5. The molecule has 0 aromatic carbocycles. The predicted octanol–water partition coefficient (Wildman–Crippen LogP) is 2.28. The Bertz CT molecular complexity index is 734. The lowest BCUT2D eigenvalue weighted by molar-refractivity contribution is -0.137. The smallest absolute Gasteiger partial charge is 0.339 e. The molecule has 2 fully saturated rings. The van der Waals surface area contributed by atoms with E-state index in [0.29, 0.717) is 35.6 Å². The molecule has 2 amide bonds. The first-order chi connectivity index (χ1) is 12.9. The molecule has 2 saturated heterocycles. The average molecular weight is 375 g/mol. The van der Waals surface area contributed by atoms with E-state index in [-0.39, 0.29) is 17.7 Å². The molecular formula is C20H29N3O4. The van der Waals surface area contributed by atoms with Crippen molar-refractivity contribution in [3.05, 3.63) is 22.5 Å². The number of methoxy groups -OCH3 is 1. The van der Waals surface area contributed by atoms with Gasteiger partial charge < -0.3 is 19.5 Å². The Morgan fingerprint density at radius 2 is 1.67 bits per heavy atom. The minimum absolute atomic E-state index is 0.128. The van der Waals surface area contributed by atoms with Crippen molar-refractivity contribution in [3.63, 3.8) is 0 Å². The molecular weight excluding hydrogens is 346 g/mol. The van der Waals surface area contributed by atoms with Gasteiger partial charge >= 0.3 is 5.97 Å². The first kappa shape index (κ1) is 19.5. The molecule has 2 aliphatic heterocycles. The summed E-state index contributed by atoms with van der Waals surface area (Å²) >= 11 is 0. The van der Waals surface area contributed by atoms with Gasteiger partial charge in [0.25, 0.3) is 5.91 Å². The molecule has 0 aliphatic carbocycles. The van der Waals surface area contributed by atoms with Gasteiger partial charge in [0, 0.05) is 31.9 Å². The second-order valence-corrected chi connectivity index (χ2v) is 7.59. The van der Waals surface area contributed by atoms with Crippen molar-refractivity contribution in [1.82, 2.24) is 14.8 Å². The van der Waals surface area contributed by atoms with Crippen LogP contribution in [0.3, 0.4) is 0 Å². The normalized spacial score (nSPS) is 20.5. The molecule has 7 nitrogen and oxygen atoms in total. The average Bonchev–Trinajstić information content (AvgIpc) is 3.01. The number of nitrogens with one attached hydrogen (secondary N) is 1. The summed E-state index contributed by atoms with van der Waals surface area (Å²) in [5, 5.41) is 0. The maximum Gasteiger partial charge on any atom is 0.339 e. The molecule has 3 heterocycles. The van der Waals surface area contributed by atoms with Crippen molar-refractivity contribution < 1.29 is 19.1 Å². The number of H-pyrrole nitrogens is 1. The Balaban J connectivity index is 1.73. The summed E-state index contributed by atoms with van der Waals surface area (Å²) in [5.41, 5.74) is 2.06. The minimum atomic E-state index is -0.447. The van der Waals surface area contributed by atoms with E-state index in [2.05, 4.69) is 4.98 Å². The van der Waals surface area contributed by atoms with Gasteiger partial charge in [0.2, 0.25) is 5.91 Å². The first-order valence-corrected chi connectivity index (χ1v) is 9.79. The number of amides is 2. The number of rotatable bonds is 3. The number of ether oxygens (including phenoxy) is 1. The summed E-state index contributed by atoms with van der Waals surface area (Å²) in [5.74, 6) is -0.543. The molecule has 148 valence electrons. The molecule has 0 radical (unpaired) electrons. The van der Waals surface area contributed by atoms with Gasteiger partial charge in [-0.25, -0.2) is 4.79 Å². The molecule has 0 bridgehead atoms.